The summed E-state index contributed by atoms with van der Waals surface area (Å²) < 4.78 is 11.6. The van der Waals surface area contributed by atoms with E-state index in [1.807, 2.05) is 6.07 Å². The van der Waals surface area contributed by atoms with Gasteiger partial charge < -0.3 is 14.8 Å². The molecular weight excluding hydrogens is 270 g/mol. The lowest BCUT2D eigenvalue weighted by Crippen LogP contribution is -2.13. The van der Waals surface area contributed by atoms with Gasteiger partial charge in [-0.15, -0.1) is 0 Å². The Bertz CT molecular complexity index is 376. The van der Waals surface area contributed by atoms with E-state index in [0.717, 1.165) is 22.5 Å². The van der Waals surface area contributed by atoms with E-state index >= 15 is 0 Å². The molecule has 1 aliphatic heterocycles. The first kappa shape index (κ1) is 11.7. The van der Waals surface area contributed by atoms with E-state index in [-0.39, 0.29) is 0 Å². The van der Waals surface area contributed by atoms with Crippen molar-refractivity contribution in [1.29, 1.82) is 0 Å². The van der Waals surface area contributed by atoms with Crippen molar-refractivity contribution in [2.45, 2.75) is 18.9 Å². The molecule has 0 spiro atoms. The van der Waals surface area contributed by atoms with Crippen LogP contribution >= 0.6 is 15.9 Å². The molecule has 88 valence electrons. The van der Waals surface area contributed by atoms with Gasteiger partial charge in [-0.3, -0.25) is 0 Å². The van der Waals surface area contributed by atoms with E-state index in [4.69, 9.17) is 9.47 Å². The molecular formula is C12H16BrNO2. The van der Waals surface area contributed by atoms with Crippen LogP contribution in [0.15, 0.2) is 16.6 Å². The lowest BCUT2D eigenvalue weighted by atomic mass is 10.0. The molecule has 1 aliphatic rings. The fourth-order valence-electron chi connectivity index (χ4n) is 2.11. The number of ether oxygens (including phenoxy) is 2. The zero-order chi connectivity index (χ0) is 11.5. The molecule has 1 fully saturated rings. The summed E-state index contributed by atoms with van der Waals surface area (Å²) in [5, 5.41) is 3.47. The summed E-state index contributed by atoms with van der Waals surface area (Å²) in [6.45, 7) is 1.09. The molecule has 0 saturated carbocycles. The quantitative estimate of drug-likeness (QED) is 0.926. The van der Waals surface area contributed by atoms with Crippen molar-refractivity contribution in [3.8, 4) is 11.5 Å². The largest absolute Gasteiger partial charge is 0.493 e. The summed E-state index contributed by atoms with van der Waals surface area (Å²) >= 11 is 3.51. The Morgan fingerprint density at radius 3 is 2.69 bits per heavy atom. The third kappa shape index (κ3) is 2.18. The maximum atomic E-state index is 5.33. The lowest BCUT2D eigenvalue weighted by molar-refractivity contribution is 0.352. The van der Waals surface area contributed by atoms with Gasteiger partial charge in [0.05, 0.1) is 18.7 Å². The van der Waals surface area contributed by atoms with Gasteiger partial charge in [-0.25, -0.2) is 0 Å². The molecule has 0 aromatic heterocycles. The molecule has 0 amide bonds. The molecule has 2 rings (SSSR count). The van der Waals surface area contributed by atoms with Crippen LogP contribution in [0.3, 0.4) is 0 Å². The van der Waals surface area contributed by atoms with Crippen LogP contribution in [-0.4, -0.2) is 20.8 Å². The van der Waals surface area contributed by atoms with Crippen molar-refractivity contribution in [3.05, 3.63) is 22.2 Å². The van der Waals surface area contributed by atoms with E-state index in [0.29, 0.717) is 6.04 Å². The highest BCUT2D eigenvalue weighted by Crippen LogP contribution is 2.39. The highest BCUT2D eigenvalue weighted by atomic mass is 79.9. The molecule has 1 N–H and O–H groups in total. The van der Waals surface area contributed by atoms with E-state index in [9.17, 15) is 0 Å². The fraction of sp³-hybridized carbons (Fsp3) is 0.500. The third-order valence-corrected chi connectivity index (χ3v) is 3.51. The molecule has 0 aliphatic carbocycles. The zero-order valence-corrected chi connectivity index (χ0v) is 11.1. The molecule has 1 saturated heterocycles. The fourth-order valence-corrected chi connectivity index (χ4v) is 2.73. The van der Waals surface area contributed by atoms with Gasteiger partial charge in [0.15, 0.2) is 11.5 Å². The normalized spacial score (nSPS) is 19.8. The SMILES string of the molecule is COc1cc(C2CCCN2)cc(Br)c1OC. The van der Waals surface area contributed by atoms with Crippen LogP contribution in [0.25, 0.3) is 0 Å². The average Bonchev–Trinajstić information content (AvgIpc) is 2.81. The van der Waals surface area contributed by atoms with Crippen LogP contribution < -0.4 is 14.8 Å². The molecule has 1 unspecified atom stereocenters. The summed E-state index contributed by atoms with van der Waals surface area (Å²) in [4.78, 5) is 0. The number of benzene rings is 1. The van der Waals surface area contributed by atoms with E-state index < -0.39 is 0 Å². The lowest BCUT2D eigenvalue weighted by Gasteiger charge is -2.15. The second-order valence-corrected chi connectivity index (χ2v) is 4.74. The molecule has 16 heavy (non-hydrogen) atoms. The van der Waals surface area contributed by atoms with Crippen LogP contribution in [0, 0.1) is 0 Å². The smallest absolute Gasteiger partial charge is 0.174 e. The first-order valence-corrected chi connectivity index (χ1v) is 6.20. The van der Waals surface area contributed by atoms with Crippen molar-refractivity contribution < 1.29 is 9.47 Å². The zero-order valence-electron chi connectivity index (χ0n) is 9.55. The first-order chi connectivity index (χ1) is 7.76. The number of hydrogen-bond acceptors (Lipinski definition) is 3. The predicted octanol–water partition coefficient (Wildman–Crippen LogP) is 2.89. The molecule has 1 atom stereocenters. The van der Waals surface area contributed by atoms with Gasteiger partial charge in [0.1, 0.15) is 0 Å². The highest BCUT2D eigenvalue weighted by molar-refractivity contribution is 9.10. The summed E-state index contributed by atoms with van der Waals surface area (Å²) in [6, 6.07) is 4.59. The minimum Gasteiger partial charge on any atom is -0.493 e. The van der Waals surface area contributed by atoms with Crippen molar-refractivity contribution >= 4 is 15.9 Å². The van der Waals surface area contributed by atoms with Gasteiger partial charge in [0, 0.05) is 6.04 Å². The molecule has 0 bridgehead atoms. The highest BCUT2D eigenvalue weighted by Gasteiger charge is 2.19. The van der Waals surface area contributed by atoms with Crippen molar-refractivity contribution in [2.24, 2.45) is 0 Å². The first-order valence-electron chi connectivity index (χ1n) is 5.41. The standard InChI is InChI=1S/C12H16BrNO2/c1-15-11-7-8(10-4-3-5-14-10)6-9(13)12(11)16-2/h6-7,10,14H,3-5H2,1-2H3. The molecule has 1 aromatic carbocycles. The molecule has 0 radical (unpaired) electrons. The van der Waals surface area contributed by atoms with Crippen LogP contribution in [0.4, 0.5) is 0 Å². The van der Waals surface area contributed by atoms with E-state index in [1.54, 1.807) is 14.2 Å². The van der Waals surface area contributed by atoms with Gasteiger partial charge in [0.25, 0.3) is 0 Å². The van der Waals surface area contributed by atoms with Crippen molar-refractivity contribution in [1.82, 2.24) is 5.32 Å². The maximum absolute atomic E-state index is 5.33. The average molecular weight is 286 g/mol. The van der Waals surface area contributed by atoms with Crippen molar-refractivity contribution in [2.75, 3.05) is 20.8 Å². The van der Waals surface area contributed by atoms with Crippen LogP contribution in [0.1, 0.15) is 24.4 Å². The number of nitrogens with one attached hydrogen (secondary N) is 1. The number of hydrogen-bond donors (Lipinski definition) is 1. The topological polar surface area (TPSA) is 30.5 Å². The minimum absolute atomic E-state index is 0.441. The Morgan fingerprint density at radius 1 is 1.31 bits per heavy atom. The monoisotopic (exact) mass is 285 g/mol. The second-order valence-electron chi connectivity index (χ2n) is 3.89. The Labute approximate surface area is 104 Å². The van der Waals surface area contributed by atoms with Crippen LogP contribution in [0.5, 0.6) is 11.5 Å². The maximum Gasteiger partial charge on any atom is 0.174 e. The Kier molecular flexibility index (Phi) is 3.71. The van der Waals surface area contributed by atoms with E-state index in [1.165, 1.54) is 18.4 Å². The minimum atomic E-state index is 0.441. The Hall–Kier alpha value is -0.740. The van der Waals surface area contributed by atoms with E-state index in [2.05, 4.69) is 27.3 Å². The third-order valence-electron chi connectivity index (χ3n) is 2.92. The summed E-state index contributed by atoms with van der Waals surface area (Å²) in [5.41, 5.74) is 1.25. The molecule has 1 aromatic rings. The van der Waals surface area contributed by atoms with Crippen molar-refractivity contribution in [3.63, 3.8) is 0 Å². The van der Waals surface area contributed by atoms with Gasteiger partial charge in [-0.2, -0.15) is 0 Å². The second kappa shape index (κ2) is 5.06. The number of halogens is 1. The summed E-state index contributed by atoms with van der Waals surface area (Å²) in [5.74, 6) is 1.53. The Balaban J connectivity index is 2.36. The Morgan fingerprint density at radius 2 is 2.12 bits per heavy atom. The van der Waals surface area contributed by atoms with Crippen LogP contribution in [-0.2, 0) is 0 Å². The summed E-state index contributed by atoms with van der Waals surface area (Å²) in [7, 11) is 3.31. The van der Waals surface area contributed by atoms with Gasteiger partial charge in [-0.1, -0.05) is 0 Å². The van der Waals surface area contributed by atoms with Gasteiger partial charge in [-0.05, 0) is 53.0 Å². The van der Waals surface area contributed by atoms with Gasteiger partial charge in [0.2, 0.25) is 0 Å². The number of rotatable bonds is 3. The molecule has 1 heterocycles. The van der Waals surface area contributed by atoms with Gasteiger partial charge >= 0.3 is 0 Å². The summed E-state index contributed by atoms with van der Waals surface area (Å²) in [6.07, 6.45) is 2.42. The number of methoxy groups -OCH3 is 2. The predicted molar refractivity (Wildman–Crippen MR) is 67.2 cm³/mol. The molecule has 4 heteroatoms. The molecule has 3 nitrogen and oxygen atoms in total. The van der Waals surface area contributed by atoms with Crippen LogP contribution in [0.2, 0.25) is 0 Å².